The van der Waals surface area contributed by atoms with Gasteiger partial charge in [0.05, 0.1) is 103 Å². The van der Waals surface area contributed by atoms with E-state index in [4.69, 9.17) is 89.9 Å². The van der Waals surface area contributed by atoms with Crippen molar-refractivity contribution < 1.29 is 48.8 Å². The average Bonchev–Trinajstić information content (AvgIpc) is 1.72. The van der Waals surface area contributed by atoms with Gasteiger partial charge in [-0.15, -0.1) is 0 Å². The lowest BCUT2D eigenvalue weighted by Crippen LogP contribution is -2.44. The average molecular weight is 1520 g/mol. The summed E-state index contributed by atoms with van der Waals surface area (Å²) in [7, 11) is -9.97. The molecule has 9 aromatic rings. The Morgan fingerprint density at radius 2 is 0.812 bits per heavy atom. The van der Waals surface area contributed by atoms with E-state index < -0.39 is 52.4 Å². The number of morpholine rings is 3. The minimum atomic E-state index is -3.22. The fourth-order valence-corrected chi connectivity index (χ4v) is 20.0. The number of anilines is 3. The Morgan fingerprint density at radius 1 is 0.465 bits per heavy atom. The molecule has 0 aromatic carbocycles. The first-order valence-electron chi connectivity index (χ1n) is 33.4. The van der Waals surface area contributed by atoms with Crippen LogP contribution in [-0.2, 0) is 53.0 Å². The van der Waals surface area contributed by atoms with Crippen LogP contribution in [0.25, 0.3) is 55.9 Å². The van der Waals surface area contributed by atoms with E-state index in [1.54, 1.807) is 36.7 Å². The summed E-state index contributed by atoms with van der Waals surface area (Å²) >= 11 is 24.6. The van der Waals surface area contributed by atoms with Gasteiger partial charge in [0.2, 0.25) is 5.28 Å². The summed E-state index contributed by atoms with van der Waals surface area (Å²) in [5.41, 5.74) is 5.27. The Balaban J connectivity index is 0.000000129. The summed E-state index contributed by atoms with van der Waals surface area (Å²) in [6, 6.07) is 16.9. The first kappa shape index (κ1) is 74.3. The van der Waals surface area contributed by atoms with Crippen LogP contribution in [-0.4, -0.2) is 198 Å². The minimum Gasteiger partial charge on any atom is -0.399 e. The number of hydrogen-bond acceptors (Lipinski definition) is 23. The number of ether oxygens (including phenoxy) is 3. The van der Waals surface area contributed by atoms with Crippen molar-refractivity contribution in [1.29, 1.82) is 0 Å². The van der Waals surface area contributed by atoms with Crippen LogP contribution in [0.5, 0.6) is 0 Å². The van der Waals surface area contributed by atoms with Gasteiger partial charge in [0.25, 0.3) is 0 Å². The van der Waals surface area contributed by atoms with Gasteiger partial charge in [-0.05, 0) is 140 Å². The Bertz CT molecular complexity index is 4680. The van der Waals surface area contributed by atoms with E-state index in [-0.39, 0.29) is 59.3 Å². The molecule has 101 heavy (non-hydrogen) atoms. The molecule has 0 bridgehead atoms. The van der Waals surface area contributed by atoms with Crippen molar-refractivity contribution in [2.75, 3.05) is 91.2 Å². The van der Waals surface area contributed by atoms with Crippen LogP contribution in [0.4, 0.5) is 17.5 Å². The lowest BCUT2D eigenvalue weighted by Gasteiger charge is -2.34. The zero-order chi connectivity index (χ0) is 70.6. The number of hydrogen-bond donors (Lipinski definition) is 3. The van der Waals surface area contributed by atoms with Crippen molar-refractivity contribution in [3.05, 3.63) is 111 Å². The van der Waals surface area contributed by atoms with Crippen molar-refractivity contribution in [1.82, 2.24) is 59.8 Å². The van der Waals surface area contributed by atoms with E-state index >= 15 is 0 Å². The number of sulfone groups is 3. The van der Waals surface area contributed by atoms with Crippen molar-refractivity contribution in [3.8, 4) is 22.8 Å². The molecular formula is C67H82BCl4N15O11S3. The maximum atomic E-state index is 12.7. The highest BCUT2D eigenvalue weighted by molar-refractivity contribution is 7.92. The molecule has 9 aromatic heterocycles. The molecule has 0 saturated carbocycles. The highest BCUT2D eigenvalue weighted by Gasteiger charge is 2.52. The van der Waals surface area contributed by atoms with Gasteiger partial charge >= 0.3 is 7.12 Å². The highest BCUT2D eigenvalue weighted by atomic mass is 35.5. The second kappa shape index (κ2) is 30.0. The van der Waals surface area contributed by atoms with Gasteiger partial charge in [-0.25, -0.2) is 70.1 Å². The third-order valence-corrected chi connectivity index (χ3v) is 27.0. The van der Waals surface area contributed by atoms with Crippen LogP contribution in [0, 0.1) is 0 Å². The maximum Gasteiger partial charge on any atom is 0.495 e. The molecule has 0 aliphatic carbocycles. The Labute approximate surface area is 608 Å². The predicted octanol–water partition coefficient (Wildman–Crippen LogP) is 11.1. The first-order chi connectivity index (χ1) is 47.6. The molecule has 16 rings (SSSR count). The third-order valence-electron chi connectivity index (χ3n) is 19.6. The summed E-state index contributed by atoms with van der Waals surface area (Å²) in [5, 5.41) is 2.08. The normalized spacial score (nSPS) is 24.1. The van der Waals surface area contributed by atoms with Gasteiger partial charge in [0.1, 0.15) is 65.6 Å². The van der Waals surface area contributed by atoms with E-state index in [1.165, 1.54) is 0 Å². The first-order valence-corrected chi connectivity index (χ1v) is 40.1. The van der Waals surface area contributed by atoms with Crippen LogP contribution in [0.1, 0.15) is 127 Å². The molecule has 16 heterocycles. The number of rotatable bonds is 9. The minimum absolute atomic E-state index is 0. The number of H-pyrrole nitrogens is 3. The van der Waals surface area contributed by atoms with Crippen molar-refractivity contribution in [2.45, 2.75) is 139 Å². The van der Waals surface area contributed by atoms with Crippen LogP contribution in [0.15, 0.2) is 73.2 Å². The summed E-state index contributed by atoms with van der Waals surface area (Å²) in [6.45, 7) is 20.0. The number of fused-ring (bicyclic) bond motifs is 3. The van der Waals surface area contributed by atoms with E-state index in [2.05, 4.69) is 68.4 Å². The van der Waals surface area contributed by atoms with Gasteiger partial charge in [-0.3, -0.25) is 0 Å². The Kier molecular flexibility index (Phi) is 22.1. The standard InChI is InChI=1S/2C20H22ClN5O3S.C13H16BClN2O2.C13H18ClN3O3S.CH4/c2*1-12-11-29-7-6-26(12)18-10-15(16-3-2-8-30(16,27)28)23-20(25-18)14-9-17(21)24-19-13(14)4-5-22-19;1-12(2)13(3,4)19-14(18-12)9-7-10(15)17-11-8(9)5-6-16-11;1-9-8-20-5-4-17(9)12-7-10(15-13(14)16-12)11-3-2-6-21(11,18)19;/h2*4-5,9-10,12,16H,2-3,6-8,11H2,1H3,(H,22,24);5-7H,1-4H3,(H,16,17);7,9,11H,2-6,8H2,1H3;1H4/t12-,16+;12-,16-;;9-,11?;/m11.1./s1. The van der Waals surface area contributed by atoms with Gasteiger partial charge < -0.3 is 53.2 Å². The molecule has 540 valence electrons. The molecule has 6 atom stereocenters. The molecule has 34 heteroatoms. The van der Waals surface area contributed by atoms with Gasteiger partial charge in [-0.1, -0.05) is 42.2 Å². The number of halogens is 4. The summed E-state index contributed by atoms with van der Waals surface area (Å²) in [5.74, 6) is 3.64. The molecule has 0 radical (unpaired) electrons. The Morgan fingerprint density at radius 3 is 1.18 bits per heavy atom. The fraction of sp³-hybridized carbons (Fsp3) is 0.507. The highest BCUT2D eigenvalue weighted by Crippen LogP contribution is 2.42. The number of aromatic nitrogens is 12. The zero-order valence-corrected chi connectivity index (χ0v) is 61.8. The fourth-order valence-electron chi connectivity index (χ4n) is 13.7. The second-order valence-corrected chi connectivity index (χ2v) is 35.5. The predicted molar refractivity (Wildman–Crippen MR) is 395 cm³/mol. The molecule has 0 spiro atoms. The van der Waals surface area contributed by atoms with Gasteiger partial charge in [-0.2, -0.15) is 0 Å². The molecule has 7 aliphatic heterocycles. The number of aromatic amines is 3. The number of pyridine rings is 3. The summed E-state index contributed by atoms with van der Waals surface area (Å²) in [6.07, 6.45) is 9.15. The molecule has 26 nitrogen and oxygen atoms in total. The lowest BCUT2D eigenvalue weighted by molar-refractivity contribution is 0.00578. The SMILES string of the molecule is C.CC1(C)OB(c2cc(Cl)nc3[nH]ccc23)OC1(C)C.C[C@@H]1COCCN1c1cc(C2CCCS2(=O)=O)nc(Cl)n1.C[C@@H]1COCCN1c1cc([C@@H]2CCCS2(=O)=O)nc(-c2cc(Cl)nc3[nH]ccc23)n1.C[C@@H]1COCCN1c1cc([C@H]2CCCS2(=O)=O)nc(-c2cc(Cl)nc3[nH]ccc23)n1. The van der Waals surface area contributed by atoms with Crippen LogP contribution >= 0.6 is 46.4 Å². The van der Waals surface area contributed by atoms with E-state index in [1.807, 2.05) is 71.1 Å². The molecule has 7 fully saturated rings. The van der Waals surface area contributed by atoms with Crippen molar-refractivity contribution >= 4 is 139 Å². The Hall–Kier alpha value is -6.42. The summed E-state index contributed by atoms with van der Waals surface area (Å²) in [4.78, 5) is 55.9. The van der Waals surface area contributed by atoms with Crippen LogP contribution in [0.3, 0.4) is 0 Å². The smallest absolute Gasteiger partial charge is 0.399 e. The lowest BCUT2D eigenvalue weighted by atomic mass is 9.78. The molecular weight excluding hydrogens is 1440 g/mol. The quantitative estimate of drug-likeness (QED) is 0.0687. The van der Waals surface area contributed by atoms with Crippen molar-refractivity contribution in [2.24, 2.45) is 0 Å². The number of nitrogens with zero attached hydrogens (tertiary/aromatic N) is 12. The topological polar surface area (TPSA) is 322 Å². The van der Waals surface area contributed by atoms with Crippen LogP contribution < -0.4 is 20.2 Å². The number of nitrogens with one attached hydrogen (secondary N) is 3. The van der Waals surface area contributed by atoms with E-state index in [9.17, 15) is 25.3 Å². The van der Waals surface area contributed by atoms with Crippen LogP contribution in [0.2, 0.25) is 20.7 Å². The third kappa shape index (κ3) is 15.8. The molecule has 3 N–H and O–H groups in total. The second-order valence-electron chi connectivity index (χ2n) is 27.0. The van der Waals surface area contributed by atoms with Gasteiger partial charge in [0, 0.05) is 83.7 Å². The molecule has 0 amide bonds. The van der Waals surface area contributed by atoms with Gasteiger partial charge in [0.15, 0.2) is 41.2 Å². The maximum absolute atomic E-state index is 12.7. The van der Waals surface area contributed by atoms with Crippen molar-refractivity contribution in [3.63, 3.8) is 0 Å². The molecule has 7 aliphatic rings. The zero-order valence-electron chi connectivity index (χ0n) is 56.3. The molecule has 7 saturated heterocycles. The van der Waals surface area contributed by atoms with E-state index in [0.717, 1.165) is 38.4 Å². The summed E-state index contributed by atoms with van der Waals surface area (Å²) < 4.78 is 103. The largest absolute Gasteiger partial charge is 0.495 e. The monoisotopic (exact) mass is 1520 g/mol. The van der Waals surface area contributed by atoms with E-state index in [0.29, 0.717) is 171 Å². The molecule has 1 unspecified atom stereocenters.